The fourth-order valence-electron chi connectivity index (χ4n) is 1.55. The van der Waals surface area contributed by atoms with Gasteiger partial charge in [0.25, 0.3) is 5.91 Å². The topological polar surface area (TPSA) is 75.6 Å². The smallest absolute Gasteiger partial charge is 0.270 e. The minimum atomic E-state index is -0.242. The van der Waals surface area contributed by atoms with E-state index in [9.17, 15) is 4.79 Å². The molecular formula is C11H14ClN5O. The molecule has 2 N–H and O–H groups in total. The molecule has 0 saturated heterocycles. The first-order chi connectivity index (χ1) is 8.66. The maximum atomic E-state index is 11.7. The number of amides is 1. The molecule has 18 heavy (non-hydrogen) atoms. The summed E-state index contributed by atoms with van der Waals surface area (Å²) in [4.78, 5) is 11.7. The third-order valence-corrected chi connectivity index (χ3v) is 2.73. The van der Waals surface area contributed by atoms with Gasteiger partial charge in [-0.05, 0) is 19.4 Å². The van der Waals surface area contributed by atoms with E-state index < -0.39 is 0 Å². The van der Waals surface area contributed by atoms with E-state index in [0.29, 0.717) is 17.3 Å². The Labute approximate surface area is 109 Å². The number of aromatic nitrogens is 4. The van der Waals surface area contributed by atoms with E-state index in [1.807, 2.05) is 23.9 Å². The molecule has 0 aliphatic heterocycles. The number of carbonyl (C=O) groups is 1. The van der Waals surface area contributed by atoms with Crippen LogP contribution in [-0.4, -0.2) is 32.4 Å². The molecule has 96 valence electrons. The number of aromatic amines is 1. The number of carbonyl (C=O) groups excluding carboxylic acids is 1. The van der Waals surface area contributed by atoms with Gasteiger partial charge in [0.05, 0.1) is 16.9 Å². The first-order valence-corrected chi connectivity index (χ1v) is 6.02. The molecule has 6 nitrogen and oxygen atoms in total. The average molecular weight is 268 g/mol. The van der Waals surface area contributed by atoms with Crippen molar-refractivity contribution >= 4 is 17.5 Å². The number of hydrogen-bond donors (Lipinski definition) is 2. The van der Waals surface area contributed by atoms with Crippen LogP contribution in [0.4, 0.5) is 0 Å². The standard InChI is InChI=1S/C11H14ClN5O/c1-8-3-6-17(16-8)5-2-4-13-11(18)10-9(12)7-14-15-10/h3,6-7H,2,4-5H2,1H3,(H,13,18)(H,14,15). The Morgan fingerprint density at radius 3 is 3.06 bits per heavy atom. The molecule has 0 unspecified atom stereocenters. The number of halogens is 1. The molecule has 1 amide bonds. The van der Waals surface area contributed by atoms with Crippen LogP contribution in [0.1, 0.15) is 22.6 Å². The van der Waals surface area contributed by atoms with Crippen LogP contribution >= 0.6 is 11.6 Å². The van der Waals surface area contributed by atoms with Gasteiger partial charge in [-0.1, -0.05) is 11.6 Å². The van der Waals surface area contributed by atoms with Gasteiger partial charge in [-0.15, -0.1) is 0 Å². The summed E-state index contributed by atoms with van der Waals surface area (Å²) in [7, 11) is 0. The van der Waals surface area contributed by atoms with E-state index in [2.05, 4.69) is 20.6 Å². The van der Waals surface area contributed by atoms with Crippen molar-refractivity contribution in [1.82, 2.24) is 25.3 Å². The second-order valence-corrected chi connectivity index (χ2v) is 4.33. The average Bonchev–Trinajstić information content (AvgIpc) is 2.93. The quantitative estimate of drug-likeness (QED) is 0.804. The number of hydrogen-bond acceptors (Lipinski definition) is 3. The predicted molar refractivity (Wildman–Crippen MR) is 67.5 cm³/mol. The first-order valence-electron chi connectivity index (χ1n) is 5.64. The third-order valence-electron chi connectivity index (χ3n) is 2.44. The first kappa shape index (κ1) is 12.6. The van der Waals surface area contributed by atoms with Gasteiger partial charge >= 0.3 is 0 Å². The Hall–Kier alpha value is -1.82. The molecule has 2 heterocycles. The van der Waals surface area contributed by atoms with Gasteiger partial charge in [-0.2, -0.15) is 10.2 Å². The number of H-pyrrole nitrogens is 1. The molecule has 0 bridgehead atoms. The van der Waals surface area contributed by atoms with Crippen molar-refractivity contribution in [2.45, 2.75) is 19.9 Å². The minimum absolute atomic E-state index is 0.242. The fourth-order valence-corrected chi connectivity index (χ4v) is 1.73. The van der Waals surface area contributed by atoms with Crippen LogP contribution in [0.3, 0.4) is 0 Å². The maximum Gasteiger partial charge on any atom is 0.270 e. The molecule has 2 aromatic rings. The summed E-state index contributed by atoms with van der Waals surface area (Å²) >= 11 is 5.78. The van der Waals surface area contributed by atoms with Gasteiger partial charge in [0.2, 0.25) is 0 Å². The van der Waals surface area contributed by atoms with E-state index in [1.54, 1.807) is 0 Å². The molecule has 2 rings (SSSR count). The molecule has 0 saturated carbocycles. The Kier molecular flexibility index (Phi) is 3.99. The van der Waals surface area contributed by atoms with Crippen molar-refractivity contribution in [2.75, 3.05) is 6.54 Å². The third kappa shape index (κ3) is 3.10. The maximum absolute atomic E-state index is 11.7. The van der Waals surface area contributed by atoms with Crippen LogP contribution in [0.5, 0.6) is 0 Å². The lowest BCUT2D eigenvalue weighted by Crippen LogP contribution is -2.26. The lowest BCUT2D eigenvalue weighted by atomic mass is 10.3. The highest BCUT2D eigenvalue weighted by molar-refractivity contribution is 6.33. The van der Waals surface area contributed by atoms with Crippen molar-refractivity contribution in [3.8, 4) is 0 Å². The van der Waals surface area contributed by atoms with E-state index in [1.165, 1.54) is 6.20 Å². The zero-order chi connectivity index (χ0) is 13.0. The molecule has 0 fully saturated rings. The zero-order valence-electron chi connectivity index (χ0n) is 9.98. The summed E-state index contributed by atoms with van der Waals surface area (Å²) < 4.78 is 1.85. The number of rotatable bonds is 5. The van der Waals surface area contributed by atoms with Crippen LogP contribution in [-0.2, 0) is 6.54 Å². The van der Waals surface area contributed by atoms with E-state index in [-0.39, 0.29) is 5.91 Å². The van der Waals surface area contributed by atoms with E-state index in [0.717, 1.165) is 18.7 Å². The summed E-state index contributed by atoms with van der Waals surface area (Å²) in [5.74, 6) is -0.242. The second kappa shape index (κ2) is 5.68. The Morgan fingerprint density at radius 1 is 1.61 bits per heavy atom. The molecule has 2 aromatic heterocycles. The van der Waals surface area contributed by atoms with Crippen LogP contribution in [0, 0.1) is 6.92 Å². The SMILES string of the molecule is Cc1ccn(CCCNC(=O)c2[nH]ncc2Cl)n1. The Morgan fingerprint density at radius 2 is 2.44 bits per heavy atom. The van der Waals surface area contributed by atoms with Crippen molar-refractivity contribution < 1.29 is 4.79 Å². The van der Waals surface area contributed by atoms with Crippen molar-refractivity contribution in [3.63, 3.8) is 0 Å². The number of nitrogens with zero attached hydrogens (tertiary/aromatic N) is 3. The molecule has 0 radical (unpaired) electrons. The monoisotopic (exact) mass is 267 g/mol. The molecule has 0 atom stereocenters. The summed E-state index contributed by atoms with van der Waals surface area (Å²) in [5, 5.41) is 13.6. The van der Waals surface area contributed by atoms with E-state index in [4.69, 9.17) is 11.6 Å². The largest absolute Gasteiger partial charge is 0.351 e. The Bertz CT molecular complexity index is 533. The molecule has 0 spiro atoms. The van der Waals surface area contributed by atoms with Crippen LogP contribution < -0.4 is 5.32 Å². The molecular weight excluding hydrogens is 254 g/mol. The highest BCUT2D eigenvalue weighted by Gasteiger charge is 2.11. The van der Waals surface area contributed by atoms with Gasteiger partial charge in [-0.25, -0.2) is 0 Å². The Balaban J connectivity index is 1.73. The summed E-state index contributed by atoms with van der Waals surface area (Å²) in [5.41, 5.74) is 1.29. The number of nitrogens with one attached hydrogen (secondary N) is 2. The summed E-state index contributed by atoms with van der Waals surface area (Å²) in [6, 6.07) is 1.95. The zero-order valence-corrected chi connectivity index (χ0v) is 10.7. The highest BCUT2D eigenvalue weighted by Crippen LogP contribution is 2.10. The number of aryl methyl sites for hydroxylation is 2. The molecule has 0 aliphatic rings. The van der Waals surface area contributed by atoms with Gasteiger partial charge in [0, 0.05) is 19.3 Å². The normalized spacial score (nSPS) is 10.6. The van der Waals surface area contributed by atoms with E-state index >= 15 is 0 Å². The molecule has 0 aliphatic carbocycles. The fraction of sp³-hybridized carbons (Fsp3) is 0.364. The predicted octanol–water partition coefficient (Wildman–Crippen LogP) is 1.39. The van der Waals surface area contributed by atoms with Gasteiger partial charge < -0.3 is 5.32 Å². The highest BCUT2D eigenvalue weighted by atomic mass is 35.5. The van der Waals surface area contributed by atoms with Crippen LogP contribution in [0.2, 0.25) is 5.02 Å². The second-order valence-electron chi connectivity index (χ2n) is 3.92. The molecule has 7 heteroatoms. The lowest BCUT2D eigenvalue weighted by molar-refractivity contribution is 0.0947. The minimum Gasteiger partial charge on any atom is -0.351 e. The lowest BCUT2D eigenvalue weighted by Gasteiger charge is -2.04. The van der Waals surface area contributed by atoms with Crippen LogP contribution in [0.25, 0.3) is 0 Å². The van der Waals surface area contributed by atoms with Crippen molar-refractivity contribution in [3.05, 3.63) is 34.9 Å². The van der Waals surface area contributed by atoms with Crippen LogP contribution in [0.15, 0.2) is 18.5 Å². The van der Waals surface area contributed by atoms with Gasteiger partial charge in [-0.3, -0.25) is 14.6 Å². The molecule has 0 aromatic carbocycles. The van der Waals surface area contributed by atoms with Gasteiger partial charge in [0.1, 0.15) is 5.69 Å². The van der Waals surface area contributed by atoms with Crippen molar-refractivity contribution in [2.24, 2.45) is 0 Å². The summed E-state index contributed by atoms with van der Waals surface area (Å²) in [6.07, 6.45) is 4.13. The summed E-state index contributed by atoms with van der Waals surface area (Å²) in [6.45, 7) is 3.27. The van der Waals surface area contributed by atoms with Crippen molar-refractivity contribution in [1.29, 1.82) is 0 Å². The van der Waals surface area contributed by atoms with Gasteiger partial charge in [0.15, 0.2) is 0 Å².